The van der Waals surface area contributed by atoms with E-state index in [2.05, 4.69) is 26.5 Å². The maximum atomic E-state index is 5.19. The Bertz CT molecular complexity index is 521. The van der Waals surface area contributed by atoms with Gasteiger partial charge >= 0.3 is 0 Å². The number of nitrogens with one attached hydrogen (secondary N) is 1. The monoisotopic (exact) mass is 232 g/mol. The first kappa shape index (κ1) is 11.7. The Morgan fingerprint density at radius 2 is 2.12 bits per heavy atom. The van der Waals surface area contributed by atoms with Crippen LogP contribution in [0.5, 0.6) is 0 Å². The minimum atomic E-state index is 0.0435. The summed E-state index contributed by atoms with van der Waals surface area (Å²) in [7, 11) is 1.85. The minimum absolute atomic E-state index is 0.0435. The van der Waals surface area contributed by atoms with Crippen molar-refractivity contribution in [1.82, 2.24) is 20.4 Å². The molecule has 0 bridgehead atoms. The predicted molar refractivity (Wildman–Crippen MR) is 64.5 cm³/mol. The molecule has 0 fully saturated rings. The largest absolute Gasteiger partial charge is 0.337 e. The Morgan fingerprint density at radius 1 is 1.35 bits per heavy atom. The molecule has 0 spiro atoms. The van der Waals surface area contributed by atoms with Crippen molar-refractivity contribution >= 4 is 0 Å². The van der Waals surface area contributed by atoms with E-state index >= 15 is 0 Å². The number of pyridine rings is 1. The van der Waals surface area contributed by atoms with Crippen LogP contribution >= 0.6 is 0 Å². The molecule has 5 nitrogen and oxygen atoms in total. The molecule has 1 atom stereocenters. The number of aryl methyl sites for hydroxylation is 2. The van der Waals surface area contributed by atoms with Gasteiger partial charge in [-0.15, -0.1) is 0 Å². The number of aromatic nitrogens is 3. The summed E-state index contributed by atoms with van der Waals surface area (Å²) >= 11 is 0. The zero-order valence-electron chi connectivity index (χ0n) is 10.5. The number of hydrogen-bond acceptors (Lipinski definition) is 5. The van der Waals surface area contributed by atoms with Crippen LogP contribution in [0, 0.1) is 13.8 Å². The van der Waals surface area contributed by atoms with Crippen molar-refractivity contribution in [2.75, 3.05) is 7.05 Å². The molecule has 2 aromatic heterocycles. The van der Waals surface area contributed by atoms with E-state index in [4.69, 9.17) is 4.52 Å². The van der Waals surface area contributed by atoms with Gasteiger partial charge in [-0.2, -0.15) is 4.98 Å². The zero-order valence-corrected chi connectivity index (χ0v) is 10.5. The van der Waals surface area contributed by atoms with Gasteiger partial charge < -0.3 is 9.84 Å². The van der Waals surface area contributed by atoms with Crippen LogP contribution in [0.3, 0.4) is 0 Å². The van der Waals surface area contributed by atoms with Gasteiger partial charge in [-0.05, 0) is 38.9 Å². The Hall–Kier alpha value is -1.75. The van der Waals surface area contributed by atoms with E-state index < -0.39 is 0 Å². The maximum absolute atomic E-state index is 5.19. The van der Waals surface area contributed by atoms with Gasteiger partial charge in [-0.25, -0.2) is 0 Å². The van der Waals surface area contributed by atoms with Gasteiger partial charge in [-0.3, -0.25) is 4.98 Å². The summed E-state index contributed by atoms with van der Waals surface area (Å²) in [5, 5.41) is 7.01. The fourth-order valence-electron chi connectivity index (χ4n) is 1.58. The fraction of sp³-hybridized carbons (Fsp3) is 0.417. The highest BCUT2D eigenvalue weighted by Crippen LogP contribution is 2.20. The smallest absolute Gasteiger partial charge is 0.243 e. The summed E-state index contributed by atoms with van der Waals surface area (Å²) in [5.74, 6) is 1.11. The Morgan fingerprint density at radius 3 is 2.76 bits per heavy atom. The van der Waals surface area contributed by atoms with Crippen LogP contribution in [0.1, 0.15) is 30.0 Å². The molecule has 0 radical (unpaired) electrons. The van der Waals surface area contributed by atoms with Crippen LogP contribution in [-0.4, -0.2) is 22.2 Å². The highest BCUT2D eigenvalue weighted by molar-refractivity contribution is 5.54. The van der Waals surface area contributed by atoms with Crippen LogP contribution in [0.2, 0.25) is 0 Å². The van der Waals surface area contributed by atoms with E-state index in [1.165, 1.54) is 0 Å². The summed E-state index contributed by atoms with van der Waals surface area (Å²) < 4.78 is 5.19. The van der Waals surface area contributed by atoms with Gasteiger partial charge in [0.2, 0.25) is 11.7 Å². The first-order valence-electron chi connectivity index (χ1n) is 5.56. The summed E-state index contributed by atoms with van der Waals surface area (Å²) in [6.45, 7) is 5.97. The van der Waals surface area contributed by atoms with E-state index in [0.29, 0.717) is 11.7 Å². The number of hydrogen-bond donors (Lipinski definition) is 1. The molecule has 0 aromatic carbocycles. The quantitative estimate of drug-likeness (QED) is 0.877. The lowest BCUT2D eigenvalue weighted by molar-refractivity contribution is 0.347. The first-order valence-corrected chi connectivity index (χ1v) is 5.56. The number of nitrogens with zero attached hydrogens (tertiary/aromatic N) is 3. The molecule has 5 heteroatoms. The lowest BCUT2D eigenvalue weighted by Crippen LogP contribution is -2.12. The Kier molecular flexibility index (Phi) is 3.19. The van der Waals surface area contributed by atoms with Crippen molar-refractivity contribution < 1.29 is 4.52 Å². The Labute approximate surface area is 100 Å². The molecule has 1 unspecified atom stereocenters. The zero-order chi connectivity index (χ0) is 12.4. The third-order valence-corrected chi connectivity index (χ3v) is 2.67. The second-order valence-electron chi connectivity index (χ2n) is 4.14. The van der Waals surface area contributed by atoms with Gasteiger partial charge in [0.05, 0.1) is 6.04 Å². The van der Waals surface area contributed by atoms with Crippen molar-refractivity contribution in [3.8, 4) is 11.5 Å². The molecule has 90 valence electrons. The molecule has 0 saturated heterocycles. The minimum Gasteiger partial charge on any atom is -0.337 e. The van der Waals surface area contributed by atoms with Gasteiger partial charge in [0.1, 0.15) is 5.69 Å². The van der Waals surface area contributed by atoms with Gasteiger partial charge in [-0.1, -0.05) is 11.2 Å². The summed E-state index contributed by atoms with van der Waals surface area (Å²) in [5.41, 5.74) is 2.95. The van der Waals surface area contributed by atoms with Crippen molar-refractivity contribution in [2.45, 2.75) is 26.8 Å². The SMILES string of the molecule is CNC(C)c1nc(-c2ncc(C)cc2C)no1. The molecular weight excluding hydrogens is 216 g/mol. The van der Waals surface area contributed by atoms with E-state index in [1.54, 1.807) is 6.20 Å². The third kappa shape index (κ3) is 2.34. The molecule has 0 aliphatic heterocycles. The first-order chi connectivity index (χ1) is 8.11. The lowest BCUT2D eigenvalue weighted by Gasteiger charge is -2.02. The van der Waals surface area contributed by atoms with Crippen LogP contribution in [-0.2, 0) is 0 Å². The molecule has 2 aromatic rings. The van der Waals surface area contributed by atoms with E-state index in [1.807, 2.05) is 27.8 Å². The molecule has 17 heavy (non-hydrogen) atoms. The molecule has 0 amide bonds. The van der Waals surface area contributed by atoms with E-state index in [9.17, 15) is 0 Å². The molecule has 1 N–H and O–H groups in total. The Balaban J connectivity index is 2.37. The summed E-state index contributed by atoms with van der Waals surface area (Å²) in [6, 6.07) is 2.10. The van der Waals surface area contributed by atoms with Crippen LogP contribution in [0.15, 0.2) is 16.8 Å². The lowest BCUT2D eigenvalue weighted by atomic mass is 10.1. The summed E-state index contributed by atoms with van der Waals surface area (Å²) in [6.07, 6.45) is 1.81. The third-order valence-electron chi connectivity index (χ3n) is 2.67. The second-order valence-corrected chi connectivity index (χ2v) is 4.14. The molecule has 0 aliphatic carbocycles. The topological polar surface area (TPSA) is 63.8 Å². The molecule has 2 rings (SSSR count). The molecule has 0 aliphatic rings. The van der Waals surface area contributed by atoms with E-state index in [-0.39, 0.29) is 6.04 Å². The van der Waals surface area contributed by atoms with Crippen LogP contribution < -0.4 is 5.32 Å². The highest BCUT2D eigenvalue weighted by atomic mass is 16.5. The van der Waals surface area contributed by atoms with Crippen molar-refractivity contribution in [1.29, 1.82) is 0 Å². The van der Waals surface area contributed by atoms with Crippen molar-refractivity contribution in [3.63, 3.8) is 0 Å². The van der Waals surface area contributed by atoms with E-state index in [0.717, 1.165) is 16.8 Å². The van der Waals surface area contributed by atoms with Crippen molar-refractivity contribution in [3.05, 3.63) is 29.3 Å². The highest BCUT2D eigenvalue weighted by Gasteiger charge is 2.15. The molecule has 0 saturated carbocycles. The maximum Gasteiger partial charge on any atom is 0.243 e. The normalized spacial score (nSPS) is 12.7. The van der Waals surface area contributed by atoms with Gasteiger partial charge in [0, 0.05) is 6.20 Å². The van der Waals surface area contributed by atoms with Gasteiger partial charge in [0.15, 0.2) is 0 Å². The fourth-order valence-corrected chi connectivity index (χ4v) is 1.58. The van der Waals surface area contributed by atoms with Gasteiger partial charge in [0.25, 0.3) is 0 Å². The van der Waals surface area contributed by atoms with Crippen LogP contribution in [0.4, 0.5) is 0 Å². The standard InChI is InChI=1S/C12H16N4O/c1-7-5-8(2)10(14-6-7)11-15-12(17-16-11)9(3)13-4/h5-6,9,13H,1-4H3. The van der Waals surface area contributed by atoms with Crippen molar-refractivity contribution in [2.24, 2.45) is 0 Å². The molecular formula is C12H16N4O. The number of rotatable bonds is 3. The predicted octanol–water partition coefficient (Wildman–Crippen LogP) is 2.03. The summed E-state index contributed by atoms with van der Waals surface area (Å²) in [4.78, 5) is 8.68. The average molecular weight is 232 g/mol. The second kappa shape index (κ2) is 4.63. The average Bonchev–Trinajstić information content (AvgIpc) is 2.77. The van der Waals surface area contributed by atoms with Crippen LogP contribution in [0.25, 0.3) is 11.5 Å². The molecule has 2 heterocycles.